The lowest BCUT2D eigenvalue weighted by molar-refractivity contribution is 0.834. The number of benzene rings is 1. The van der Waals surface area contributed by atoms with Gasteiger partial charge in [0.05, 0.1) is 5.69 Å². The van der Waals surface area contributed by atoms with Gasteiger partial charge in [-0.05, 0) is 29.7 Å². The molecule has 0 saturated carbocycles. The highest BCUT2D eigenvalue weighted by molar-refractivity contribution is 5.76. The minimum Gasteiger partial charge on any atom is -0.343 e. The second-order valence-corrected chi connectivity index (χ2v) is 5.45. The number of H-pyrrole nitrogens is 1. The zero-order valence-corrected chi connectivity index (χ0v) is 12.1. The number of nitrogens with one attached hydrogen (secondary N) is 1. The summed E-state index contributed by atoms with van der Waals surface area (Å²) >= 11 is 0. The normalized spacial score (nSPS) is 11.4. The molecule has 2 aromatic heterocycles. The van der Waals surface area contributed by atoms with Crippen molar-refractivity contribution in [2.24, 2.45) is 5.73 Å². The van der Waals surface area contributed by atoms with E-state index >= 15 is 0 Å². The van der Waals surface area contributed by atoms with E-state index in [2.05, 4.69) is 23.8 Å². The van der Waals surface area contributed by atoms with Crippen LogP contribution in [0.3, 0.4) is 0 Å². The third kappa shape index (κ3) is 2.48. The maximum atomic E-state index is 12.2. The molecule has 0 bridgehead atoms. The summed E-state index contributed by atoms with van der Waals surface area (Å²) in [5.41, 5.74) is 8.83. The zero-order chi connectivity index (χ0) is 15.0. The van der Waals surface area contributed by atoms with Gasteiger partial charge >= 0.3 is 5.69 Å². The average Bonchev–Trinajstić information content (AvgIpc) is 2.89. The maximum Gasteiger partial charge on any atom is 0.354 e. The molecule has 5 nitrogen and oxygen atoms in total. The summed E-state index contributed by atoms with van der Waals surface area (Å²) in [5, 5.41) is 0.932. The van der Waals surface area contributed by atoms with Gasteiger partial charge in [0.1, 0.15) is 5.65 Å². The molecule has 5 heteroatoms. The first-order chi connectivity index (χ1) is 10.1. The molecule has 3 N–H and O–H groups in total. The van der Waals surface area contributed by atoms with Crippen LogP contribution in [0.2, 0.25) is 0 Å². The van der Waals surface area contributed by atoms with Crippen LogP contribution in [-0.4, -0.2) is 14.5 Å². The lowest BCUT2D eigenvalue weighted by Crippen LogP contribution is -2.20. The first-order valence-corrected chi connectivity index (χ1v) is 7.00. The van der Waals surface area contributed by atoms with Crippen LogP contribution in [-0.2, 0) is 6.54 Å². The van der Waals surface area contributed by atoms with Gasteiger partial charge in [-0.3, -0.25) is 4.57 Å². The molecule has 2 heterocycles. The monoisotopic (exact) mass is 282 g/mol. The molecule has 3 aromatic rings. The van der Waals surface area contributed by atoms with Gasteiger partial charge < -0.3 is 10.7 Å². The van der Waals surface area contributed by atoms with Crippen LogP contribution in [0.5, 0.6) is 0 Å². The van der Waals surface area contributed by atoms with Crippen molar-refractivity contribution in [3.05, 3.63) is 58.3 Å². The van der Waals surface area contributed by atoms with E-state index in [9.17, 15) is 4.79 Å². The molecule has 1 aromatic carbocycles. The van der Waals surface area contributed by atoms with Crippen molar-refractivity contribution in [2.75, 3.05) is 0 Å². The Hall–Kier alpha value is -2.40. The van der Waals surface area contributed by atoms with Crippen LogP contribution in [0.15, 0.2) is 41.3 Å². The third-order valence-electron chi connectivity index (χ3n) is 3.60. The van der Waals surface area contributed by atoms with Crippen LogP contribution in [0.4, 0.5) is 0 Å². The molecular formula is C16H18N4O. The van der Waals surface area contributed by atoms with Gasteiger partial charge in [0.2, 0.25) is 0 Å². The van der Waals surface area contributed by atoms with Crippen LogP contribution in [0, 0.1) is 0 Å². The van der Waals surface area contributed by atoms with E-state index in [1.807, 2.05) is 36.5 Å². The Balaban J connectivity index is 2.13. The van der Waals surface area contributed by atoms with Gasteiger partial charge in [0.25, 0.3) is 0 Å². The van der Waals surface area contributed by atoms with E-state index in [1.54, 1.807) is 4.57 Å². The highest BCUT2D eigenvalue weighted by atomic mass is 16.1. The molecule has 0 saturated heterocycles. The Morgan fingerprint density at radius 3 is 2.62 bits per heavy atom. The second kappa shape index (κ2) is 5.18. The van der Waals surface area contributed by atoms with Crippen LogP contribution in [0.1, 0.15) is 31.0 Å². The SMILES string of the molecule is CC(C)c1cc2cn(-c3ccc(CN)cc3)c(=O)nc2[nH]1. The standard InChI is InChI=1S/C16H18N4O/c1-10(2)14-7-12-9-20(16(21)19-15(12)18-14)13-5-3-11(8-17)4-6-13/h3-7,9-10H,8,17H2,1-2H3,(H,18,19,21). The second-order valence-electron chi connectivity index (χ2n) is 5.45. The summed E-state index contributed by atoms with van der Waals surface area (Å²) in [6, 6.07) is 9.64. The number of aromatic nitrogens is 3. The molecule has 0 fully saturated rings. The van der Waals surface area contributed by atoms with Crippen molar-refractivity contribution in [1.29, 1.82) is 0 Å². The molecule has 0 aliphatic heterocycles. The average molecular weight is 282 g/mol. The topological polar surface area (TPSA) is 76.7 Å². The van der Waals surface area contributed by atoms with E-state index in [4.69, 9.17) is 5.73 Å². The molecular weight excluding hydrogens is 264 g/mol. The van der Waals surface area contributed by atoms with E-state index in [0.717, 1.165) is 22.3 Å². The molecule has 0 spiro atoms. The van der Waals surface area contributed by atoms with Crippen molar-refractivity contribution >= 4 is 11.0 Å². The molecule has 108 valence electrons. The summed E-state index contributed by atoms with van der Waals surface area (Å²) in [6.45, 7) is 4.69. The summed E-state index contributed by atoms with van der Waals surface area (Å²) < 4.78 is 1.56. The fraction of sp³-hybridized carbons (Fsp3) is 0.250. The Morgan fingerprint density at radius 1 is 1.29 bits per heavy atom. The van der Waals surface area contributed by atoms with Crippen LogP contribution >= 0.6 is 0 Å². The van der Waals surface area contributed by atoms with Crippen LogP contribution in [0.25, 0.3) is 16.7 Å². The number of nitrogens with zero attached hydrogens (tertiary/aromatic N) is 2. The highest BCUT2D eigenvalue weighted by Crippen LogP contribution is 2.19. The Kier molecular flexibility index (Phi) is 3.35. The Bertz CT molecular complexity index is 828. The molecule has 0 aliphatic carbocycles. The number of nitrogens with two attached hydrogens (primary N) is 1. The third-order valence-corrected chi connectivity index (χ3v) is 3.60. The van der Waals surface area contributed by atoms with Gasteiger partial charge in [-0.25, -0.2) is 4.79 Å². The van der Waals surface area contributed by atoms with Gasteiger partial charge in [-0.2, -0.15) is 4.98 Å². The van der Waals surface area contributed by atoms with Gasteiger partial charge in [-0.1, -0.05) is 26.0 Å². The molecule has 3 rings (SSSR count). The molecule has 0 atom stereocenters. The highest BCUT2D eigenvalue weighted by Gasteiger charge is 2.09. The fourth-order valence-electron chi connectivity index (χ4n) is 2.30. The minimum atomic E-state index is -0.292. The van der Waals surface area contributed by atoms with Crippen molar-refractivity contribution in [2.45, 2.75) is 26.3 Å². The van der Waals surface area contributed by atoms with Gasteiger partial charge in [-0.15, -0.1) is 0 Å². The number of hydrogen-bond donors (Lipinski definition) is 2. The zero-order valence-electron chi connectivity index (χ0n) is 12.1. The van der Waals surface area contributed by atoms with Crippen molar-refractivity contribution in [3.8, 4) is 5.69 Å². The molecule has 0 unspecified atom stereocenters. The fourth-order valence-corrected chi connectivity index (χ4v) is 2.30. The lowest BCUT2D eigenvalue weighted by atomic mass is 10.1. The quantitative estimate of drug-likeness (QED) is 0.773. The molecule has 21 heavy (non-hydrogen) atoms. The van der Waals surface area contributed by atoms with Crippen LogP contribution < -0.4 is 11.4 Å². The molecule has 0 radical (unpaired) electrons. The molecule has 0 aliphatic rings. The van der Waals surface area contributed by atoms with Crippen molar-refractivity contribution in [1.82, 2.24) is 14.5 Å². The number of aromatic amines is 1. The van der Waals surface area contributed by atoms with E-state index in [-0.39, 0.29) is 5.69 Å². The summed E-state index contributed by atoms with van der Waals surface area (Å²) in [5.74, 6) is 0.367. The van der Waals surface area contributed by atoms with Crippen molar-refractivity contribution < 1.29 is 0 Å². The predicted molar refractivity (Wildman–Crippen MR) is 83.7 cm³/mol. The van der Waals surface area contributed by atoms with E-state index in [0.29, 0.717) is 18.1 Å². The minimum absolute atomic E-state index is 0.292. The molecule has 0 amide bonds. The predicted octanol–water partition coefficient (Wildman–Crippen LogP) is 2.30. The lowest BCUT2D eigenvalue weighted by Gasteiger charge is -2.05. The van der Waals surface area contributed by atoms with E-state index in [1.165, 1.54) is 0 Å². The van der Waals surface area contributed by atoms with Crippen molar-refractivity contribution in [3.63, 3.8) is 0 Å². The summed E-state index contributed by atoms with van der Waals surface area (Å²) in [4.78, 5) is 19.5. The number of hydrogen-bond acceptors (Lipinski definition) is 3. The Morgan fingerprint density at radius 2 is 2.00 bits per heavy atom. The van der Waals surface area contributed by atoms with E-state index < -0.39 is 0 Å². The first-order valence-electron chi connectivity index (χ1n) is 7.00. The largest absolute Gasteiger partial charge is 0.354 e. The number of rotatable bonds is 3. The Labute approximate surface area is 122 Å². The smallest absolute Gasteiger partial charge is 0.343 e. The van der Waals surface area contributed by atoms with Gasteiger partial charge in [0, 0.05) is 23.8 Å². The summed E-state index contributed by atoms with van der Waals surface area (Å²) in [6.07, 6.45) is 1.82. The summed E-state index contributed by atoms with van der Waals surface area (Å²) in [7, 11) is 0. The number of fused-ring (bicyclic) bond motifs is 1. The first kappa shape index (κ1) is 13.6. The maximum absolute atomic E-state index is 12.2. The van der Waals surface area contributed by atoms with Gasteiger partial charge in [0.15, 0.2) is 0 Å².